The van der Waals surface area contributed by atoms with Crippen molar-refractivity contribution in [3.8, 4) is 0 Å². The van der Waals surface area contributed by atoms with Crippen molar-refractivity contribution in [1.82, 2.24) is 15.3 Å². The average molecular weight is 402 g/mol. The van der Waals surface area contributed by atoms with Crippen molar-refractivity contribution in [2.45, 2.75) is 57.5 Å². The SMILES string of the molecule is CCCCc1cc(N2CCC(NCC)C2)nc(C2(N)C=CC(N)=C([N+](=O)[O-])C2)n1. The highest BCUT2D eigenvalue weighted by atomic mass is 16.6. The van der Waals surface area contributed by atoms with E-state index in [-0.39, 0.29) is 17.8 Å². The number of aromatic nitrogens is 2. The minimum absolute atomic E-state index is 0.0288. The lowest BCUT2D eigenvalue weighted by molar-refractivity contribution is -0.430. The third kappa shape index (κ3) is 4.73. The molecule has 2 aliphatic rings. The molecule has 1 aromatic rings. The van der Waals surface area contributed by atoms with Gasteiger partial charge in [-0.05, 0) is 31.9 Å². The third-order valence-corrected chi connectivity index (χ3v) is 5.55. The fraction of sp³-hybridized carbons (Fsp3) is 0.600. The molecule has 3 rings (SSSR count). The van der Waals surface area contributed by atoms with E-state index in [0.717, 1.165) is 56.8 Å². The second-order valence-corrected chi connectivity index (χ2v) is 7.84. The van der Waals surface area contributed by atoms with E-state index >= 15 is 0 Å². The first-order valence-corrected chi connectivity index (χ1v) is 10.3. The third-order valence-electron chi connectivity index (χ3n) is 5.55. The zero-order chi connectivity index (χ0) is 21.0. The summed E-state index contributed by atoms with van der Waals surface area (Å²) < 4.78 is 0. The van der Waals surface area contributed by atoms with Crippen molar-refractivity contribution < 1.29 is 4.92 Å². The predicted molar refractivity (Wildman–Crippen MR) is 113 cm³/mol. The number of unbranched alkanes of at least 4 members (excludes halogenated alkanes) is 1. The highest BCUT2D eigenvalue weighted by Gasteiger charge is 2.38. The lowest BCUT2D eigenvalue weighted by Gasteiger charge is -2.28. The number of hydrogen-bond acceptors (Lipinski definition) is 8. The molecule has 2 atom stereocenters. The van der Waals surface area contributed by atoms with Gasteiger partial charge in [-0.15, -0.1) is 0 Å². The molecule has 0 amide bonds. The molecule has 0 spiro atoms. The van der Waals surface area contributed by atoms with E-state index in [4.69, 9.17) is 21.4 Å². The molecule has 1 fully saturated rings. The Morgan fingerprint density at radius 3 is 2.90 bits per heavy atom. The summed E-state index contributed by atoms with van der Waals surface area (Å²) in [5.74, 6) is 1.25. The first-order chi connectivity index (χ1) is 13.9. The van der Waals surface area contributed by atoms with Crippen molar-refractivity contribution in [3.05, 3.63) is 51.2 Å². The minimum atomic E-state index is -1.15. The van der Waals surface area contributed by atoms with Gasteiger partial charge < -0.3 is 21.7 Å². The Balaban J connectivity index is 1.94. The van der Waals surface area contributed by atoms with Crippen molar-refractivity contribution in [2.75, 3.05) is 24.5 Å². The fourth-order valence-electron chi connectivity index (χ4n) is 3.86. The highest BCUT2D eigenvalue weighted by Crippen LogP contribution is 2.32. The number of hydrogen-bond donors (Lipinski definition) is 3. The van der Waals surface area contributed by atoms with Gasteiger partial charge in [0.2, 0.25) is 0 Å². The van der Waals surface area contributed by atoms with Crippen LogP contribution in [-0.4, -0.2) is 40.6 Å². The van der Waals surface area contributed by atoms with Gasteiger partial charge in [0, 0.05) is 30.9 Å². The molecule has 9 heteroatoms. The van der Waals surface area contributed by atoms with Crippen molar-refractivity contribution in [1.29, 1.82) is 0 Å². The van der Waals surface area contributed by atoms with Crippen LogP contribution < -0.4 is 21.7 Å². The molecule has 0 bridgehead atoms. The first kappa shape index (κ1) is 21.2. The van der Waals surface area contributed by atoms with Gasteiger partial charge in [-0.3, -0.25) is 10.1 Å². The molecule has 1 aromatic heterocycles. The monoisotopic (exact) mass is 401 g/mol. The van der Waals surface area contributed by atoms with Gasteiger partial charge in [-0.1, -0.05) is 26.3 Å². The van der Waals surface area contributed by atoms with Gasteiger partial charge in [0.05, 0.1) is 11.3 Å². The van der Waals surface area contributed by atoms with Gasteiger partial charge in [-0.25, -0.2) is 9.97 Å². The van der Waals surface area contributed by atoms with Crippen LogP contribution in [-0.2, 0) is 12.0 Å². The molecule has 9 nitrogen and oxygen atoms in total. The summed E-state index contributed by atoms with van der Waals surface area (Å²) in [4.78, 5) is 22.6. The maximum atomic E-state index is 11.4. The van der Waals surface area contributed by atoms with E-state index in [1.165, 1.54) is 6.08 Å². The van der Waals surface area contributed by atoms with Crippen LogP contribution in [0.3, 0.4) is 0 Å². The lowest BCUT2D eigenvalue weighted by Crippen LogP contribution is -2.41. The second-order valence-electron chi connectivity index (χ2n) is 7.84. The Labute approximate surface area is 171 Å². The normalized spacial score (nSPS) is 24.4. The minimum Gasteiger partial charge on any atom is -0.393 e. The van der Waals surface area contributed by atoms with Crippen LogP contribution in [0.5, 0.6) is 0 Å². The molecule has 0 radical (unpaired) electrons. The van der Waals surface area contributed by atoms with Gasteiger partial charge in [0.1, 0.15) is 17.1 Å². The quantitative estimate of drug-likeness (QED) is 0.441. The van der Waals surface area contributed by atoms with E-state index < -0.39 is 10.5 Å². The Kier molecular flexibility index (Phi) is 6.49. The lowest BCUT2D eigenvalue weighted by atomic mass is 9.88. The number of nitrogens with zero attached hydrogens (tertiary/aromatic N) is 4. The van der Waals surface area contributed by atoms with Crippen molar-refractivity contribution in [2.24, 2.45) is 11.5 Å². The summed E-state index contributed by atoms with van der Waals surface area (Å²) in [5, 5.41) is 14.9. The number of allylic oxidation sites excluding steroid dienone is 1. The topological polar surface area (TPSA) is 136 Å². The highest BCUT2D eigenvalue weighted by molar-refractivity contribution is 5.44. The number of nitro groups is 1. The van der Waals surface area contributed by atoms with Crippen LogP contribution in [0.4, 0.5) is 5.82 Å². The maximum absolute atomic E-state index is 11.4. The van der Waals surface area contributed by atoms with E-state index in [1.54, 1.807) is 6.08 Å². The number of anilines is 1. The van der Waals surface area contributed by atoms with E-state index in [0.29, 0.717) is 11.9 Å². The van der Waals surface area contributed by atoms with Gasteiger partial charge in [0.25, 0.3) is 5.70 Å². The van der Waals surface area contributed by atoms with Crippen molar-refractivity contribution >= 4 is 5.82 Å². The first-order valence-electron chi connectivity index (χ1n) is 10.3. The number of nitrogens with two attached hydrogens (primary N) is 2. The number of aryl methyl sites for hydroxylation is 1. The Hall–Kier alpha value is -2.52. The Morgan fingerprint density at radius 2 is 2.21 bits per heavy atom. The zero-order valence-corrected chi connectivity index (χ0v) is 17.2. The molecule has 5 N–H and O–H groups in total. The van der Waals surface area contributed by atoms with Gasteiger partial charge in [-0.2, -0.15) is 0 Å². The summed E-state index contributed by atoms with van der Waals surface area (Å²) in [6.07, 6.45) is 7.10. The molecule has 158 valence electrons. The van der Waals surface area contributed by atoms with Crippen LogP contribution in [0.1, 0.15) is 51.0 Å². The number of rotatable bonds is 8. The molecule has 0 aromatic carbocycles. The van der Waals surface area contributed by atoms with E-state index in [2.05, 4.69) is 24.1 Å². The summed E-state index contributed by atoms with van der Waals surface area (Å²) >= 11 is 0. The predicted octanol–water partition coefficient (Wildman–Crippen LogP) is 1.57. The van der Waals surface area contributed by atoms with E-state index in [9.17, 15) is 10.1 Å². The van der Waals surface area contributed by atoms with Crippen LogP contribution in [0, 0.1) is 10.1 Å². The van der Waals surface area contributed by atoms with Crippen molar-refractivity contribution in [3.63, 3.8) is 0 Å². The smallest absolute Gasteiger partial charge is 0.271 e. The summed E-state index contributed by atoms with van der Waals surface area (Å²) in [6.45, 7) is 6.95. The standard InChI is InChI=1S/C20H31N7O2/c1-3-5-6-14-11-18(26-10-8-15(13-26)23-4-2)25-19(24-14)20(22)9-7-16(21)17(12-20)27(28)29/h7,9,11,15,23H,3-6,8,10,12-13,21-22H2,1-2H3. The average Bonchev–Trinajstić information content (AvgIpc) is 3.17. The summed E-state index contributed by atoms with van der Waals surface area (Å²) in [5.41, 5.74) is 12.2. The van der Waals surface area contributed by atoms with Crippen LogP contribution in [0.15, 0.2) is 29.6 Å². The van der Waals surface area contributed by atoms with Crippen LogP contribution >= 0.6 is 0 Å². The molecule has 2 heterocycles. The van der Waals surface area contributed by atoms with Crippen LogP contribution in [0.2, 0.25) is 0 Å². The van der Waals surface area contributed by atoms with E-state index in [1.807, 2.05) is 6.07 Å². The number of likely N-dealkylation sites (N-methyl/N-ethyl adjacent to an activating group) is 1. The maximum Gasteiger partial charge on any atom is 0.271 e. The summed E-state index contributed by atoms with van der Waals surface area (Å²) in [6, 6.07) is 2.46. The van der Waals surface area contributed by atoms with Gasteiger partial charge in [0.15, 0.2) is 5.82 Å². The van der Waals surface area contributed by atoms with Crippen LogP contribution in [0.25, 0.3) is 0 Å². The Morgan fingerprint density at radius 1 is 1.41 bits per heavy atom. The summed E-state index contributed by atoms with van der Waals surface area (Å²) in [7, 11) is 0. The molecule has 2 unspecified atom stereocenters. The molecule has 1 aliphatic heterocycles. The second kappa shape index (κ2) is 8.87. The largest absolute Gasteiger partial charge is 0.393 e. The molecule has 0 saturated carbocycles. The fourth-order valence-corrected chi connectivity index (χ4v) is 3.86. The molecular formula is C20H31N7O2. The number of nitrogens with one attached hydrogen (secondary N) is 1. The molecule has 1 aliphatic carbocycles. The molecule has 29 heavy (non-hydrogen) atoms. The Bertz CT molecular complexity index is 823. The zero-order valence-electron chi connectivity index (χ0n) is 17.2. The van der Waals surface area contributed by atoms with Gasteiger partial charge >= 0.3 is 0 Å². The molecular weight excluding hydrogens is 370 g/mol. The molecule has 1 saturated heterocycles.